The summed E-state index contributed by atoms with van der Waals surface area (Å²) >= 11 is 8.76. The number of ether oxygens (including phenoxy) is 1. The smallest absolute Gasteiger partial charge is 0.261 e. The van der Waals surface area contributed by atoms with Crippen LogP contribution in [0.3, 0.4) is 0 Å². The molecule has 0 heterocycles. The van der Waals surface area contributed by atoms with Crippen LogP contribution in [0.15, 0.2) is 22.7 Å². The number of nitrogens with one attached hydrogen (secondary N) is 2. The summed E-state index contributed by atoms with van der Waals surface area (Å²) < 4.78 is 6.59. The molecule has 0 radical (unpaired) electrons. The molecule has 1 fully saturated rings. The highest BCUT2D eigenvalue weighted by Gasteiger charge is 2.17. The van der Waals surface area contributed by atoms with Gasteiger partial charge in [-0.3, -0.25) is 10.1 Å². The first-order valence-corrected chi connectivity index (χ1v) is 10.3. The van der Waals surface area contributed by atoms with E-state index >= 15 is 0 Å². The van der Waals surface area contributed by atoms with Crippen molar-refractivity contribution >= 4 is 39.2 Å². The number of hydrogen-bond donors (Lipinski definition) is 2. The standard InChI is InChI=1S/C19H27BrN2O2S/c1-2-3-12-24-17-11-10-14(20)13-16(17)18(23)22-19(25)21-15-8-6-4-5-7-9-15/h10-11,13,15H,2-9,12H2,1H3,(H2,21,22,23,25). The molecular formula is C19H27BrN2O2S. The minimum Gasteiger partial charge on any atom is -0.493 e. The number of benzene rings is 1. The van der Waals surface area contributed by atoms with Crippen molar-refractivity contribution in [3.63, 3.8) is 0 Å². The van der Waals surface area contributed by atoms with Gasteiger partial charge in [0.2, 0.25) is 0 Å². The minimum absolute atomic E-state index is 0.237. The summed E-state index contributed by atoms with van der Waals surface area (Å²) in [5.41, 5.74) is 0.496. The molecule has 0 atom stereocenters. The van der Waals surface area contributed by atoms with Crippen LogP contribution in [0.5, 0.6) is 5.75 Å². The van der Waals surface area contributed by atoms with E-state index in [1.807, 2.05) is 12.1 Å². The second-order valence-electron chi connectivity index (χ2n) is 6.46. The molecule has 1 aliphatic carbocycles. The fourth-order valence-corrected chi connectivity index (χ4v) is 3.57. The van der Waals surface area contributed by atoms with E-state index in [0.717, 1.165) is 30.2 Å². The Balaban J connectivity index is 1.96. The first-order chi connectivity index (χ1) is 12.1. The van der Waals surface area contributed by atoms with E-state index in [0.29, 0.717) is 29.1 Å². The fourth-order valence-electron chi connectivity index (χ4n) is 2.95. The lowest BCUT2D eigenvalue weighted by molar-refractivity contribution is 0.0972. The first-order valence-electron chi connectivity index (χ1n) is 9.14. The number of carbonyl (C=O) groups excluding carboxylic acids is 1. The number of rotatable bonds is 6. The zero-order chi connectivity index (χ0) is 18.1. The summed E-state index contributed by atoms with van der Waals surface area (Å²) in [6, 6.07) is 5.82. The molecule has 1 aromatic carbocycles. The van der Waals surface area contributed by atoms with Gasteiger partial charge in [-0.15, -0.1) is 0 Å². The number of carbonyl (C=O) groups is 1. The molecule has 0 aromatic heterocycles. The van der Waals surface area contributed by atoms with E-state index in [1.165, 1.54) is 25.7 Å². The van der Waals surface area contributed by atoms with Gasteiger partial charge in [0, 0.05) is 10.5 Å². The monoisotopic (exact) mass is 426 g/mol. The van der Waals surface area contributed by atoms with Gasteiger partial charge in [-0.25, -0.2) is 0 Å². The third-order valence-corrected chi connectivity index (χ3v) is 5.07. The van der Waals surface area contributed by atoms with Crippen molar-refractivity contribution in [2.45, 2.75) is 64.3 Å². The molecule has 0 spiro atoms. The van der Waals surface area contributed by atoms with Gasteiger partial charge in [0.05, 0.1) is 12.2 Å². The van der Waals surface area contributed by atoms with Crippen LogP contribution in [0.1, 0.15) is 68.6 Å². The van der Waals surface area contributed by atoms with Gasteiger partial charge in [0.25, 0.3) is 5.91 Å². The van der Waals surface area contributed by atoms with Crippen molar-refractivity contribution in [3.8, 4) is 5.75 Å². The second-order valence-corrected chi connectivity index (χ2v) is 7.78. The maximum Gasteiger partial charge on any atom is 0.261 e. The lowest BCUT2D eigenvalue weighted by Crippen LogP contribution is -2.44. The molecule has 0 aliphatic heterocycles. The van der Waals surface area contributed by atoms with Crippen LogP contribution in [-0.2, 0) is 0 Å². The Kier molecular flexibility index (Phi) is 8.68. The van der Waals surface area contributed by atoms with E-state index in [2.05, 4.69) is 33.5 Å². The Morgan fingerprint density at radius 2 is 2.00 bits per heavy atom. The van der Waals surface area contributed by atoms with Crippen molar-refractivity contribution in [3.05, 3.63) is 28.2 Å². The van der Waals surface area contributed by atoms with Crippen LogP contribution in [0.2, 0.25) is 0 Å². The third-order valence-electron chi connectivity index (χ3n) is 4.36. The number of halogens is 1. The summed E-state index contributed by atoms with van der Waals surface area (Å²) in [7, 11) is 0. The maximum absolute atomic E-state index is 12.6. The summed E-state index contributed by atoms with van der Waals surface area (Å²) in [4.78, 5) is 12.6. The van der Waals surface area contributed by atoms with Crippen LogP contribution >= 0.6 is 28.1 Å². The van der Waals surface area contributed by atoms with Gasteiger partial charge in [0.15, 0.2) is 5.11 Å². The fraction of sp³-hybridized carbons (Fsp3) is 0.579. The third kappa shape index (κ3) is 6.94. The second kappa shape index (κ2) is 10.8. The Morgan fingerprint density at radius 1 is 1.28 bits per heavy atom. The molecule has 1 aliphatic rings. The molecule has 138 valence electrons. The highest BCUT2D eigenvalue weighted by molar-refractivity contribution is 9.10. The zero-order valence-corrected chi connectivity index (χ0v) is 17.2. The number of hydrogen-bond acceptors (Lipinski definition) is 3. The average Bonchev–Trinajstić information content (AvgIpc) is 2.84. The van der Waals surface area contributed by atoms with Gasteiger partial charge >= 0.3 is 0 Å². The molecule has 0 bridgehead atoms. The van der Waals surface area contributed by atoms with E-state index in [9.17, 15) is 4.79 Å². The highest BCUT2D eigenvalue weighted by Crippen LogP contribution is 2.23. The molecule has 2 rings (SSSR count). The summed E-state index contributed by atoms with van der Waals surface area (Å²) in [6.45, 7) is 2.71. The summed E-state index contributed by atoms with van der Waals surface area (Å²) in [5, 5.41) is 6.49. The molecular weight excluding hydrogens is 400 g/mol. The van der Waals surface area contributed by atoms with Crippen molar-refractivity contribution in [1.82, 2.24) is 10.6 Å². The van der Waals surface area contributed by atoms with Crippen molar-refractivity contribution < 1.29 is 9.53 Å². The number of amides is 1. The molecule has 25 heavy (non-hydrogen) atoms. The normalized spacial score (nSPS) is 15.3. The predicted molar refractivity (Wildman–Crippen MR) is 109 cm³/mol. The number of unbranched alkanes of at least 4 members (excludes halogenated alkanes) is 1. The minimum atomic E-state index is -0.237. The van der Waals surface area contributed by atoms with Crippen LogP contribution in [0.4, 0.5) is 0 Å². The SMILES string of the molecule is CCCCOc1ccc(Br)cc1C(=O)NC(=S)NC1CCCCCC1. The Hall–Kier alpha value is -1.14. The molecule has 0 unspecified atom stereocenters. The Morgan fingerprint density at radius 3 is 2.68 bits per heavy atom. The summed E-state index contributed by atoms with van der Waals surface area (Å²) in [6.07, 6.45) is 9.23. The van der Waals surface area contributed by atoms with Crippen molar-refractivity contribution in [2.24, 2.45) is 0 Å². The first kappa shape index (κ1) is 20.2. The molecule has 4 nitrogen and oxygen atoms in total. The van der Waals surface area contributed by atoms with E-state index in [-0.39, 0.29) is 5.91 Å². The van der Waals surface area contributed by atoms with Crippen molar-refractivity contribution in [1.29, 1.82) is 0 Å². The van der Waals surface area contributed by atoms with Crippen LogP contribution < -0.4 is 15.4 Å². The lowest BCUT2D eigenvalue weighted by Gasteiger charge is -2.19. The Bertz CT molecular complexity index is 587. The van der Waals surface area contributed by atoms with Crippen molar-refractivity contribution in [2.75, 3.05) is 6.61 Å². The molecule has 0 saturated heterocycles. The lowest BCUT2D eigenvalue weighted by atomic mass is 10.1. The van der Waals surface area contributed by atoms with Gasteiger partial charge < -0.3 is 10.1 Å². The maximum atomic E-state index is 12.6. The van der Waals surface area contributed by atoms with E-state index in [4.69, 9.17) is 17.0 Å². The molecule has 1 aromatic rings. The zero-order valence-electron chi connectivity index (χ0n) is 14.8. The predicted octanol–water partition coefficient (Wildman–Crippen LogP) is 4.96. The van der Waals surface area contributed by atoms with E-state index < -0.39 is 0 Å². The molecule has 1 amide bonds. The average molecular weight is 427 g/mol. The Labute approximate surface area is 164 Å². The molecule has 2 N–H and O–H groups in total. The van der Waals surface area contributed by atoms with Gasteiger partial charge in [-0.2, -0.15) is 0 Å². The van der Waals surface area contributed by atoms with Gasteiger partial charge in [-0.05, 0) is 49.7 Å². The topological polar surface area (TPSA) is 50.4 Å². The van der Waals surface area contributed by atoms with Crippen LogP contribution in [-0.4, -0.2) is 23.7 Å². The van der Waals surface area contributed by atoms with Crippen LogP contribution in [0, 0.1) is 0 Å². The van der Waals surface area contributed by atoms with Gasteiger partial charge in [-0.1, -0.05) is 55.0 Å². The van der Waals surface area contributed by atoms with Gasteiger partial charge in [0.1, 0.15) is 5.75 Å². The van der Waals surface area contributed by atoms with Crippen LogP contribution in [0.25, 0.3) is 0 Å². The number of thiocarbonyl (C=S) groups is 1. The quantitative estimate of drug-likeness (QED) is 0.383. The molecule has 6 heteroatoms. The highest BCUT2D eigenvalue weighted by atomic mass is 79.9. The summed E-state index contributed by atoms with van der Waals surface area (Å²) in [5.74, 6) is 0.352. The largest absolute Gasteiger partial charge is 0.493 e. The van der Waals surface area contributed by atoms with E-state index in [1.54, 1.807) is 6.07 Å². The molecule has 1 saturated carbocycles.